The molecule has 0 aliphatic rings. The predicted molar refractivity (Wildman–Crippen MR) is 106 cm³/mol. The van der Waals surface area contributed by atoms with E-state index in [1.165, 1.54) is 16.9 Å². The molecule has 4 rings (SSSR count). The van der Waals surface area contributed by atoms with E-state index in [9.17, 15) is 9.18 Å². The minimum atomic E-state index is -0.314. The zero-order valence-electron chi connectivity index (χ0n) is 13.4. The molecule has 5 nitrogen and oxygen atoms in total. The summed E-state index contributed by atoms with van der Waals surface area (Å²) in [4.78, 5) is 13.8. The van der Waals surface area contributed by atoms with Gasteiger partial charge in [0.1, 0.15) is 16.9 Å². The number of halogens is 2. The molecule has 0 fully saturated rings. The fourth-order valence-electron chi connectivity index (χ4n) is 2.49. The van der Waals surface area contributed by atoms with Crippen LogP contribution in [0.1, 0.15) is 10.4 Å². The van der Waals surface area contributed by atoms with E-state index in [2.05, 4.69) is 38.1 Å². The van der Waals surface area contributed by atoms with E-state index in [0.717, 1.165) is 3.57 Å². The third-order valence-electron chi connectivity index (χ3n) is 3.80. The van der Waals surface area contributed by atoms with Gasteiger partial charge < -0.3 is 5.32 Å². The van der Waals surface area contributed by atoms with Crippen molar-refractivity contribution >= 4 is 45.2 Å². The molecule has 128 valence electrons. The van der Waals surface area contributed by atoms with Gasteiger partial charge in [0.15, 0.2) is 0 Å². The van der Waals surface area contributed by atoms with E-state index in [4.69, 9.17) is 0 Å². The van der Waals surface area contributed by atoms with Gasteiger partial charge in [-0.1, -0.05) is 0 Å². The molecule has 1 aromatic heterocycles. The Kier molecular flexibility index (Phi) is 4.37. The van der Waals surface area contributed by atoms with Crippen LogP contribution in [0.5, 0.6) is 0 Å². The SMILES string of the molecule is O=C(Nc1ccc2nn(-c3ccc(F)cc3)nc2c1)c1ccc(I)cc1. The van der Waals surface area contributed by atoms with E-state index in [1.54, 1.807) is 42.5 Å². The van der Waals surface area contributed by atoms with E-state index in [0.29, 0.717) is 28.0 Å². The van der Waals surface area contributed by atoms with Gasteiger partial charge in [-0.2, -0.15) is 4.80 Å². The zero-order valence-corrected chi connectivity index (χ0v) is 15.5. The molecule has 0 aliphatic carbocycles. The minimum absolute atomic E-state index is 0.188. The molecule has 0 unspecified atom stereocenters. The summed E-state index contributed by atoms with van der Waals surface area (Å²) < 4.78 is 14.1. The summed E-state index contributed by atoms with van der Waals surface area (Å²) in [6, 6.07) is 18.6. The van der Waals surface area contributed by atoms with Crippen molar-refractivity contribution in [3.63, 3.8) is 0 Å². The van der Waals surface area contributed by atoms with Crippen molar-refractivity contribution in [3.8, 4) is 5.69 Å². The lowest BCUT2D eigenvalue weighted by Crippen LogP contribution is -2.11. The van der Waals surface area contributed by atoms with Gasteiger partial charge in [0.2, 0.25) is 0 Å². The highest BCUT2D eigenvalue weighted by atomic mass is 127. The average molecular weight is 458 g/mol. The molecule has 0 saturated heterocycles. The molecule has 1 heterocycles. The number of aromatic nitrogens is 3. The zero-order chi connectivity index (χ0) is 18.1. The second kappa shape index (κ2) is 6.83. The van der Waals surface area contributed by atoms with Crippen LogP contribution in [0.15, 0.2) is 66.7 Å². The van der Waals surface area contributed by atoms with Crippen LogP contribution < -0.4 is 5.32 Å². The van der Waals surface area contributed by atoms with Crippen LogP contribution in [0, 0.1) is 9.39 Å². The lowest BCUT2D eigenvalue weighted by molar-refractivity contribution is 0.102. The highest BCUT2D eigenvalue weighted by Gasteiger charge is 2.09. The summed E-state index contributed by atoms with van der Waals surface area (Å²) in [6.07, 6.45) is 0. The molecule has 4 aromatic rings. The quantitative estimate of drug-likeness (QED) is 0.463. The summed E-state index contributed by atoms with van der Waals surface area (Å²) in [5.74, 6) is -0.502. The molecule has 0 spiro atoms. The molecular weight excluding hydrogens is 446 g/mol. The molecule has 0 bridgehead atoms. The maximum atomic E-state index is 13.1. The van der Waals surface area contributed by atoms with Crippen molar-refractivity contribution in [3.05, 3.63) is 81.7 Å². The molecule has 26 heavy (non-hydrogen) atoms. The van der Waals surface area contributed by atoms with Crippen molar-refractivity contribution < 1.29 is 9.18 Å². The van der Waals surface area contributed by atoms with Gasteiger partial charge in [-0.25, -0.2) is 4.39 Å². The third-order valence-corrected chi connectivity index (χ3v) is 4.52. The Morgan fingerprint density at radius 1 is 0.923 bits per heavy atom. The number of rotatable bonds is 3. The standard InChI is InChI=1S/C19H12FIN4O/c20-13-3-8-16(9-4-13)25-23-17-10-7-15(11-18(17)24-25)22-19(26)12-1-5-14(21)6-2-12/h1-11H,(H,22,26). The van der Waals surface area contributed by atoms with Crippen LogP contribution in [0.2, 0.25) is 0 Å². The average Bonchev–Trinajstić information content (AvgIpc) is 3.06. The van der Waals surface area contributed by atoms with E-state index in [-0.39, 0.29) is 11.7 Å². The Morgan fingerprint density at radius 2 is 1.62 bits per heavy atom. The van der Waals surface area contributed by atoms with E-state index >= 15 is 0 Å². The topological polar surface area (TPSA) is 59.8 Å². The highest BCUT2D eigenvalue weighted by Crippen LogP contribution is 2.18. The highest BCUT2D eigenvalue weighted by molar-refractivity contribution is 14.1. The van der Waals surface area contributed by atoms with Crippen molar-refractivity contribution in [2.24, 2.45) is 0 Å². The number of nitrogens with one attached hydrogen (secondary N) is 1. The van der Waals surface area contributed by atoms with Crippen LogP contribution >= 0.6 is 22.6 Å². The van der Waals surface area contributed by atoms with E-state index in [1.807, 2.05) is 12.1 Å². The summed E-state index contributed by atoms with van der Waals surface area (Å²) in [6.45, 7) is 0. The second-order valence-corrected chi connectivity index (χ2v) is 6.88. The van der Waals surface area contributed by atoms with Gasteiger partial charge in [-0.3, -0.25) is 4.79 Å². The van der Waals surface area contributed by atoms with Gasteiger partial charge in [-0.05, 0) is 89.3 Å². The second-order valence-electron chi connectivity index (χ2n) is 5.63. The number of nitrogens with zero attached hydrogens (tertiary/aromatic N) is 3. The Labute approximate surface area is 162 Å². The molecule has 0 aliphatic heterocycles. The number of amides is 1. The number of hydrogen-bond donors (Lipinski definition) is 1. The molecule has 0 saturated carbocycles. The fourth-order valence-corrected chi connectivity index (χ4v) is 2.85. The number of fused-ring (bicyclic) bond motifs is 1. The van der Waals surface area contributed by atoms with Gasteiger partial charge in [0.05, 0.1) is 5.69 Å². The van der Waals surface area contributed by atoms with Gasteiger partial charge in [0, 0.05) is 14.8 Å². The molecule has 7 heteroatoms. The molecule has 1 N–H and O–H groups in total. The normalized spacial score (nSPS) is 10.8. The van der Waals surface area contributed by atoms with Crippen LogP contribution in [-0.2, 0) is 0 Å². The Bertz CT molecular complexity index is 1090. The summed E-state index contributed by atoms with van der Waals surface area (Å²) >= 11 is 2.19. The Balaban J connectivity index is 1.60. The number of hydrogen-bond acceptors (Lipinski definition) is 3. The molecule has 0 atom stereocenters. The number of carbonyl (C=O) groups excluding carboxylic acids is 1. The first-order valence-electron chi connectivity index (χ1n) is 7.78. The first-order chi connectivity index (χ1) is 12.6. The first kappa shape index (κ1) is 16.6. The Hall–Kier alpha value is -2.81. The lowest BCUT2D eigenvalue weighted by Gasteiger charge is -2.05. The van der Waals surface area contributed by atoms with Crippen LogP contribution in [0.25, 0.3) is 16.7 Å². The summed E-state index contributed by atoms with van der Waals surface area (Å²) in [5, 5.41) is 11.6. The minimum Gasteiger partial charge on any atom is -0.322 e. The molecule has 0 radical (unpaired) electrons. The predicted octanol–water partition coefficient (Wildman–Crippen LogP) is 4.42. The van der Waals surface area contributed by atoms with Gasteiger partial charge in [-0.15, -0.1) is 10.2 Å². The molecule has 3 aromatic carbocycles. The summed E-state index contributed by atoms with van der Waals surface area (Å²) in [7, 11) is 0. The molecular formula is C19H12FIN4O. The number of benzene rings is 3. The van der Waals surface area contributed by atoms with Crippen LogP contribution in [0.3, 0.4) is 0 Å². The van der Waals surface area contributed by atoms with Crippen LogP contribution in [0.4, 0.5) is 10.1 Å². The van der Waals surface area contributed by atoms with Gasteiger partial charge >= 0.3 is 0 Å². The van der Waals surface area contributed by atoms with Crippen molar-refractivity contribution in [2.45, 2.75) is 0 Å². The van der Waals surface area contributed by atoms with Crippen LogP contribution in [-0.4, -0.2) is 20.9 Å². The maximum absolute atomic E-state index is 13.1. The monoisotopic (exact) mass is 458 g/mol. The van der Waals surface area contributed by atoms with Gasteiger partial charge in [0.25, 0.3) is 5.91 Å². The number of anilines is 1. The fraction of sp³-hybridized carbons (Fsp3) is 0. The van der Waals surface area contributed by atoms with Crippen molar-refractivity contribution in [1.29, 1.82) is 0 Å². The first-order valence-corrected chi connectivity index (χ1v) is 8.86. The summed E-state index contributed by atoms with van der Waals surface area (Å²) in [5.41, 5.74) is 3.19. The Morgan fingerprint density at radius 3 is 2.35 bits per heavy atom. The van der Waals surface area contributed by atoms with Crippen molar-refractivity contribution in [1.82, 2.24) is 15.0 Å². The maximum Gasteiger partial charge on any atom is 0.255 e. The largest absolute Gasteiger partial charge is 0.322 e. The van der Waals surface area contributed by atoms with Crippen molar-refractivity contribution in [2.75, 3.05) is 5.32 Å². The number of carbonyl (C=O) groups is 1. The van der Waals surface area contributed by atoms with E-state index < -0.39 is 0 Å². The third kappa shape index (κ3) is 3.43. The molecule has 1 amide bonds. The smallest absolute Gasteiger partial charge is 0.255 e. The lowest BCUT2D eigenvalue weighted by atomic mass is 10.2.